The zero-order chi connectivity index (χ0) is 29.7. The topological polar surface area (TPSA) is 173 Å². The molecule has 3 fully saturated rings. The summed E-state index contributed by atoms with van der Waals surface area (Å²) in [7, 11) is 0. The zero-order valence-electron chi connectivity index (χ0n) is 22.4. The molecule has 2 saturated heterocycles. The summed E-state index contributed by atoms with van der Waals surface area (Å²) in [4.78, 5) is 49.8. The van der Waals surface area contributed by atoms with Gasteiger partial charge in [-0.2, -0.15) is 0 Å². The Bertz CT molecular complexity index is 1680. The molecule has 13 nitrogen and oxygen atoms in total. The number of anilines is 3. The molecule has 1 unspecified atom stereocenters. The number of aromatic carboxylic acids is 1. The number of benzene rings is 1. The Labute approximate surface area is 237 Å². The molecule has 220 valence electrons. The van der Waals surface area contributed by atoms with Gasteiger partial charge in [0.1, 0.15) is 23.1 Å². The second-order valence-electron chi connectivity index (χ2n) is 10.5. The molecule has 0 bridgehead atoms. The van der Waals surface area contributed by atoms with E-state index in [1.807, 2.05) is 4.90 Å². The Hall–Kier alpha value is -4.95. The maximum Gasteiger partial charge on any atom is 0.414 e. The van der Waals surface area contributed by atoms with Crippen LogP contribution in [-0.4, -0.2) is 78.1 Å². The van der Waals surface area contributed by atoms with Gasteiger partial charge in [0.25, 0.3) is 0 Å². The molecule has 5 N–H and O–H groups in total. The molecular weight excluding hydrogens is 554 g/mol. The molecule has 1 aromatic carbocycles. The van der Waals surface area contributed by atoms with Crippen LogP contribution in [0.1, 0.15) is 29.2 Å². The van der Waals surface area contributed by atoms with Gasteiger partial charge in [0, 0.05) is 38.4 Å². The second-order valence-corrected chi connectivity index (χ2v) is 10.5. The summed E-state index contributed by atoms with van der Waals surface area (Å²) in [6.45, 7) is 1.63. The van der Waals surface area contributed by atoms with Gasteiger partial charge in [-0.15, -0.1) is 0 Å². The van der Waals surface area contributed by atoms with Crippen LogP contribution in [0.15, 0.2) is 40.2 Å². The summed E-state index contributed by atoms with van der Waals surface area (Å²) in [5, 5.41) is 9.37. The Morgan fingerprint density at radius 2 is 1.79 bits per heavy atom. The molecule has 3 aromatic rings. The van der Waals surface area contributed by atoms with E-state index >= 15 is 8.78 Å². The van der Waals surface area contributed by atoms with Gasteiger partial charge in [-0.1, -0.05) is 0 Å². The fourth-order valence-corrected chi connectivity index (χ4v) is 5.36. The number of pyridine rings is 2. The van der Waals surface area contributed by atoms with E-state index in [9.17, 15) is 19.5 Å². The largest absolute Gasteiger partial charge is 0.477 e. The van der Waals surface area contributed by atoms with E-state index in [2.05, 4.69) is 9.98 Å². The van der Waals surface area contributed by atoms with E-state index in [0.717, 1.165) is 18.9 Å². The first kappa shape index (κ1) is 27.2. The highest BCUT2D eigenvalue weighted by molar-refractivity contribution is 5.92. The lowest BCUT2D eigenvalue weighted by atomic mass is 10.1. The van der Waals surface area contributed by atoms with Gasteiger partial charge in [0.15, 0.2) is 17.6 Å². The first-order valence-electron chi connectivity index (χ1n) is 13.4. The Kier molecular flexibility index (Phi) is 6.79. The molecule has 4 heterocycles. The number of halogens is 2. The van der Waals surface area contributed by atoms with E-state index in [-0.39, 0.29) is 41.9 Å². The standard InChI is InChI=1S/C27H28F2N8O5/c28-19-9-15(37-12-16(42-27(37)41)11-32-26(30)31)3-4-21(19)34-5-7-35(8-6-34)24-20(29)10-17-22(38)18(25(39)40)13-36(14-1-2-14)23(17)33-24/h3-4,9-10,13-14,16H,1-2,5-8,11-12H2,(H,39,40)(H4,30,31,32). The predicted octanol–water partition coefficient (Wildman–Crippen LogP) is 1.63. The summed E-state index contributed by atoms with van der Waals surface area (Å²) < 4.78 is 37.4. The molecule has 6 rings (SSSR count). The number of carbonyl (C=O) groups is 2. The summed E-state index contributed by atoms with van der Waals surface area (Å²) >= 11 is 0. The third-order valence-electron chi connectivity index (χ3n) is 7.62. The van der Waals surface area contributed by atoms with Gasteiger partial charge in [-0.3, -0.25) is 9.69 Å². The molecule has 1 saturated carbocycles. The van der Waals surface area contributed by atoms with Crippen molar-refractivity contribution < 1.29 is 28.2 Å². The van der Waals surface area contributed by atoms with Gasteiger partial charge in [-0.05, 0) is 37.1 Å². The molecule has 0 radical (unpaired) electrons. The number of carboxylic acid groups (broad SMARTS) is 1. The minimum atomic E-state index is -1.37. The number of carboxylic acids is 1. The van der Waals surface area contributed by atoms with Crippen LogP contribution in [-0.2, 0) is 4.74 Å². The number of piperazine rings is 1. The van der Waals surface area contributed by atoms with Crippen LogP contribution in [0, 0.1) is 11.6 Å². The Balaban J connectivity index is 1.18. The molecule has 42 heavy (non-hydrogen) atoms. The van der Waals surface area contributed by atoms with Gasteiger partial charge in [0.2, 0.25) is 5.43 Å². The number of amides is 1. The molecular formula is C27H28F2N8O5. The third kappa shape index (κ3) is 5.01. The van der Waals surface area contributed by atoms with E-state index in [0.29, 0.717) is 37.6 Å². The minimum absolute atomic E-state index is 0.00588. The molecule has 3 aliphatic rings. The highest BCUT2D eigenvalue weighted by atomic mass is 19.1. The average molecular weight is 583 g/mol. The zero-order valence-corrected chi connectivity index (χ0v) is 22.4. The van der Waals surface area contributed by atoms with Crippen molar-refractivity contribution in [2.75, 3.05) is 54.0 Å². The van der Waals surface area contributed by atoms with Crippen molar-refractivity contribution in [3.8, 4) is 0 Å². The number of aromatic nitrogens is 2. The van der Waals surface area contributed by atoms with Crippen molar-refractivity contribution in [1.82, 2.24) is 9.55 Å². The third-order valence-corrected chi connectivity index (χ3v) is 7.62. The van der Waals surface area contributed by atoms with E-state index < -0.39 is 40.8 Å². The van der Waals surface area contributed by atoms with Crippen molar-refractivity contribution in [1.29, 1.82) is 0 Å². The lowest BCUT2D eigenvalue weighted by molar-refractivity contribution is 0.0694. The molecule has 1 aliphatic carbocycles. The van der Waals surface area contributed by atoms with Crippen LogP contribution < -0.4 is 31.6 Å². The first-order valence-corrected chi connectivity index (χ1v) is 13.4. The van der Waals surface area contributed by atoms with E-state index in [1.165, 1.54) is 17.2 Å². The maximum atomic E-state index is 15.3. The summed E-state index contributed by atoms with van der Waals surface area (Å²) in [5.41, 5.74) is 10.4. The van der Waals surface area contributed by atoms with Crippen molar-refractivity contribution in [2.45, 2.75) is 25.0 Å². The monoisotopic (exact) mass is 582 g/mol. The predicted molar refractivity (Wildman–Crippen MR) is 150 cm³/mol. The van der Waals surface area contributed by atoms with Crippen molar-refractivity contribution in [3.63, 3.8) is 0 Å². The highest BCUT2D eigenvalue weighted by Crippen LogP contribution is 2.37. The quantitative estimate of drug-likeness (QED) is 0.275. The highest BCUT2D eigenvalue weighted by Gasteiger charge is 2.33. The fraction of sp³-hybridized carbons (Fsp3) is 0.370. The average Bonchev–Trinajstić information content (AvgIpc) is 3.73. The molecule has 15 heteroatoms. The Morgan fingerprint density at radius 3 is 2.43 bits per heavy atom. The van der Waals surface area contributed by atoms with E-state index in [1.54, 1.807) is 21.6 Å². The summed E-state index contributed by atoms with van der Waals surface area (Å²) in [6, 6.07) is 5.54. The SMILES string of the molecule is NC(N)=NCC1CN(c2ccc(N3CCN(c4nc5c(cc4F)c(=O)c(C(=O)O)cn5C4CC4)CC3)c(F)c2)C(=O)O1. The number of carbonyl (C=O) groups excluding carboxylic acids is 1. The lowest BCUT2D eigenvalue weighted by Crippen LogP contribution is -2.47. The number of ether oxygens (including phenoxy) is 1. The number of guanidine groups is 1. The van der Waals surface area contributed by atoms with Gasteiger partial charge in [-0.25, -0.2) is 28.3 Å². The van der Waals surface area contributed by atoms with Crippen LogP contribution in [0.4, 0.5) is 30.8 Å². The number of aliphatic imine (C=N–C) groups is 1. The van der Waals surface area contributed by atoms with Crippen molar-refractivity contribution in [3.05, 3.63) is 57.9 Å². The van der Waals surface area contributed by atoms with Crippen molar-refractivity contribution >= 4 is 46.2 Å². The number of rotatable bonds is 7. The normalized spacial score (nSPS) is 18.9. The first-order chi connectivity index (χ1) is 20.1. The molecule has 2 aromatic heterocycles. The molecule has 2 aliphatic heterocycles. The Morgan fingerprint density at radius 1 is 1.07 bits per heavy atom. The number of fused-ring (bicyclic) bond motifs is 1. The summed E-state index contributed by atoms with van der Waals surface area (Å²) in [5.74, 6) is -2.70. The van der Waals surface area contributed by atoms with Crippen LogP contribution in [0.2, 0.25) is 0 Å². The van der Waals surface area contributed by atoms with Gasteiger partial charge < -0.3 is 35.7 Å². The maximum absolute atomic E-state index is 15.3. The van der Waals surface area contributed by atoms with Crippen LogP contribution in [0.25, 0.3) is 11.0 Å². The van der Waals surface area contributed by atoms with E-state index in [4.69, 9.17) is 16.2 Å². The smallest absolute Gasteiger partial charge is 0.414 e. The number of nitrogens with zero attached hydrogens (tertiary/aromatic N) is 6. The van der Waals surface area contributed by atoms with Crippen LogP contribution >= 0.6 is 0 Å². The number of hydrogen-bond donors (Lipinski definition) is 3. The number of nitrogens with two attached hydrogens (primary N) is 2. The molecule has 1 atom stereocenters. The van der Waals surface area contributed by atoms with Crippen molar-refractivity contribution in [2.24, 2.45) is 16.5 Å². The van der Waals surface area contributed by atoms with Crippen LogP contribution in [0.3, 0.4) is 0 Å². The molecule has 1 amide bonds. The van der Waals surface area contributed by atoms with Gasteiger partial charge in [0.05, 0.1) is 29.9 Å². The fourth-order valence-electron chi connectivity index (χ4n) is 5.36. The lowest BCUT2D eigenvalue weighted by Gasteiger charge is -2.37. The minimum Gasteiger partial charge on any atom is -0.477 e. The van der Waals surface area contributed by atoms with Gasteiger partial charge >= 0.3 is 12.1 Å². The number of hydrogen-bond acceptors (Lipinski definition) is 8. The van der Waals surface area contributed by atoms with Crippen LogP contribution in [0.5, 0.6) is 0 Å². The second kappa shape index (κ2) is 10.5. The number of cyclic esters (lactones) is 1. The summed E-state index contributed by atoms with van der Waals surface area (Å²) in [6.07, 6.45) is 1.73. The molecule has 0 spiro atoms.